The number of hydrogen-bond donors (Lipinski definition) is 1. The lowest BCUT2D eigenvalue weighted by atomic mass is 10.0. The number of nitrogens with two attached hydrogens (primary N) is 1. The van der Waals surface area contributed by atoms with Crippen molar-refractivity contribution in [1.29, 1.82) is 0 Å². The molecule has 0 aromatic heterocycles. The van der Waals surface area contributed by atoms with Gasteiger partial charge in [0.15, 0.2) is 0 Å². The predicted molar refractivity (Wildman–Crippen MR) is 57.4 cm³/mol. The molecule has 0 atom stereocenters. The maximum absolute atomic E-state index is 4.50. The lowest BCUT2D eigenvalue weighted by Gasteiger charge is -2.01. The maximum atomic E-state index is 4.50. The van der Waals surface area contributed by atoms with Crippen molar-refractivity contribution in [3.05, 3.63) is 35.9 Å². The van der Waals surface area contributed by atoms with E-state index >= 15 is 0 Å². The first-order valence-electron chi connectivity index (χ1n) is 3.93. The van der Waals surface area contributed by atoms with Gasteiger partial charge in [0.05, 0.1) is 0 Å². The first-order valence-corrected chi connectivity index (χ1v) is 3.93. The minimum atomic E-state index is 0. The van der Waals surface area contributed by atoms with Gasteiger partial charge in [0, 0.05) is 0 Å². The van der Waals surface area contributed by atoms with Gasteiger partial charge in [-0.3, -0.25) is 0 Å². The fourth-order valence-electron chi connectivity index (χ4n) is 0.838. The average molecular weight is 167 g/mol. The van der Waals surface area contributed by atoms with E-state index in [-0.39, 0.29) is 7.43 Å². The number of hydrogen-bond acceptors (Lipinski definition) is 1. The van der Waals surface area contributed by atoms with Crippen molar-refractivity contribution in [2.24, 2.45) is 5.73 Å². The monoisotopic (exact) mass is 167 g/mol. The molecule has 1 aromatic rings. The fourth-order valence-corrected chi connectivity index (χ4v) is 0.838. The highest BCUT2D eigenvalue weighted by Gasteiger charge is 1.93. The van der Waals surface area contributed by atoms with Crippen molar-refractivity contribution in [2.75, 3.05) is 7.05 Å². The summed E-state index contributed by atoms with van der Waals surface area (Å²) in [5.41, 5.74) is 5.91. The predicted octanol–water partition coefficient (Wildman–Crippen LogP) is 3.02. The molecule has 0 saturated carbocycles. The van der Waals surface area contributed by atoms with Crippen LogP contribution in [0.1, 0.15) is 32.8 Å². The zero-order chi connectivity index (χ0) is 8.69. The van der Waals surface area contributed by atoms with Crippen LogP contribution in [-0.4, -0.2) is 7.05 Å². The molecule has 0 bridgehead atoms. The molecule has 0 fully saturated rings. The van der Waals surface area contributed by atoms with E-state index in [1.807, 2.05) is 6.07 Å². The lowest BCUT2D eigenvalue weighted by Crippen LogP contribution is -1.83. The van der Waals surface area contributed by atoms with Crippen LogP contribution in [0.5, 0.6) is 0 Å². The lowest BCUT2D eigenvalue weighted by molar-refractivity contribution is 0.867. The molecule has 0 heterocycles. The molecule has 1 nitrogen and oxygen atoms in total. The molecule has 0 aliphatic rings. The Morgan fingerprint density at radius 2 is 1.42 bits per heavy atom. The van der Waals surface area contributed by atoms with E-state index in [9.17, 15) is 0 Å². The summed E-state index contributed by atoms with van der Waals surface area (Å²) >= 11 is 0. The van der Waals surface area contributed by atoms with Crippen LogP contribution < -0.4 is 5.73 Å². The van der Waals surface area contributed by atoms with Crippen LogP contribution in [0, 0.1) is 0 Å². The molecule has 0 aliphatic heterocycles. The molecule has 0 aliphatic carbocycles. The highest BCUT2D eigenvalue weighted by atomic mass is 14.4. The van der Waals surface area contributed by atoms with Crippen molar-refractivity contribution in [3.8, 4) is 0 Å². The Balaban J connectivity index is 0. The summed E-state index contributed by atoms with van der Waals surface area (Å²) in [5.74, 6) is 0.659. The Morgan fingerprint density at radius 3 is 1.67 bits per heavy atom. The normalized spacial score (nSPS) is 8.08. The molecule has 1 aromatic carbocycles. The van der Waals surface area contributed by atoms with Gasteiger partial charge in [-0.15, -0.1) is 0 Å². The van der Waals surface area contributed by atoms with Gasteiger partial charge in [0.2, 0.25) is 0 Å². The third kappa shape index (κ3) is 4.91. The second-order valence-electron chi connectivity index (χ2n) is 2.57. The summed E-state index contributed by atoms with van der Waals surface area (Å²) in [6, 6.07) is 10.5. The molecule has 0 saturated heterocycles. The highest BCUT2D eigenvalue weighted by Crippen LogP contribution is 2.11. The molecular formula is C11H21N. The second-order valence-corrected chi connectivity index (χ2v) is 2.57. The van der Waals surface area contributed by atoms with E-state index in [1.165, 1.54) is 12.6 Å². The molecular weight excluding hydrogens is 146 g/mol. The van der Waals surface area contributed by atoms with Crippen molar-refractivity contribution in [1.82, 2.24) is 0 Å². The molecule has 1 rings (SSSR count). The van der Waals surface area contributed by atoms with Gasteiger partial charge in [-0.1, -0.05) is 51.6 Å². The van der Waals surface area contributed by atoms with Gasteiger partial charge in [0.25, 0.3) is 0 Å². The third-order valence-corrected chi connectivity index (χ3v) is 1.47. The van der Waals surface area contributed by atoms with Gasteiger partial charge in [-0.05, 0) is 18.5 Å². The number of benzene rings is 1. The molecule has 0 amide bonds. The van der Waals surface area contributed by atoms with E-state index in [0.717, 1.165) is 0 Å². The second kappa shape index (κ2) is 8.28. The Kier molecular flexibility index (Phi) is 9.48. The smallest absolute Gasteiger partial charge is 0.0195 e. The van der Waals surface area contributed by atoms with Crippen LogP contribution in [-0.2, 0) is 0 Å². The van der Waals surface area contributed by atoms with Crippen molar-refractivity contribution in [3.63, 3.8) is 0 Å². The molecule has 1 heteroatoms. The first-order chi connectivity index (χ1) is 5.30. The Bertz CT molecular complexity index is 168. The Hall–Kier alpha value is -0.820. The minimum Gasteiger partial charge on any atom is -0.333 e. The van der Waals surface area contributed by atoms with Gasteiger partial charge in [-0.25, -0.2) is 0 Å². The van der Waals surface area contributed by atoms with Crippen molar-refractivity contribution in [2.45, 2.75) is 27.2 Å². The van der Waals surface area contributed by atoms with Crippen LogP contribution in [0.25, 0.3) is 0 Å². The van der Waals surface area contributed by atoms with Gasteiger partial charge >= 0.3 is 0 Å². The zero-order valence-corrected chi connectivity index (χ0v) is 7.54. The average Bonchev–Trinajstić information content (AvgIpc) is 2.10. The Morgan fingerprint density at radius 1 is 1.00 bits per heavy atom. The van der Waals surface area contributed by atoms with Crippen LogP contribution in [0.4, 0.5) is 0 Å². The van der Waals surface area contributed by atoms with Crippen molar-refractivity contribution >= 4 is 0 Å². The van der Waals surface area contributed by atoms with Crippen LogP contribution in [0.15, 0.2) is 30.3 Å². The summed E-state index contributed by atoms with van der Waals surface area (Å²) in [6.45, 7) is 4.41. The van der Waals surface area contributed by atoms with Crippen LogP contribution >= 0.6 is 0 Å². The van der Waals surface area contributed by atoms with E-state index in [4.69, 9.17) is 0 Å². The largest absolute Gasteiger partial charge is 0.333 e. The third-order valence-electron chi connectivity index (χ3n) is 1.47. The summed E-state index contributed by atoms with van der Waals surface area (Å²) < 4.78 is 0. The maximum Gasteiger partial charge on any atom is -0.0195 e. The topological polar surface area (TPSA) is 26.0 Å². The standard InChI is InChI=1S/C9H12.CH5N.CH4/c1-8(2)9-6-4-3-5-7-9;1-2;/h3-8H,1-2H3;2H2,1H3;1H4. The molecule has 12 heavy (non-hydrogen) atoms. The summed E-state index contributed by atoms with van der Waals surface area (Å²) in [4.78, 5) is 0. The van der Waals surface area contributed by atoms with Crippen LogP contribution in [0.2, 0.25) is 0 Å². The van der Waals surface area contributed by atoms with E-state index in [1.54, 1.807) is 0 Å². The van der Waals surface area contributed by atoms with Gasteiger partial charge < -0.3 is 5.73 Å². The van der Waals surface area contributed by atoms with Gasteiger partial charge in [0.1, 0.15) is 0 Å². The van der Waals surface area contributed by atoms with Crippen molar-refractivity contribution < 1.29 is 0 Å². The SMILES string of the molecule is C.CC(C)c1ccccc1.CN. The van der Waals surface area contributed by atoms with Gasteiger partial charge in [-0.2, -0.15) is 0 Å². The van der Waals surface area contributed by atoms with Crippen LogP contribution in [0.3, 0.4) is 0 Å². The minimum absolute atomic E-state index is 0. The quantitative estimate of drug-likeness (QED) is 0.683. The summed E-state index contributed by atoms with van der Waals surface area (Å²) in [5, 5.41) is 0. The first kappa shape index (κ1) is 13.7. The molecule has 2 N–H and O–H groups in total. The molecule has 0 unspecified atom stereocenters. The molecule has 70 valence electrons. The Labute approximate surface area is 76.6 Å². The summed E-state index contributed by atoms with van der Waals surface area (Å²) in [6.07, 6.45) is 0. The van der Waals surface area contributed by atoms with E-state index < -0.39 is 0 Å². The fraction of sp³-hybridized carbons (Fsp3) is 0.455. The van der Waals surface area contributed by atoms with E-state index in [2.05, 4.69) is 43.8 Å². The summed E-state index contributed by atoms with van der Waals surface area (Å²) in [7, 11) is 1.50. The number of rotatable bonds is 1. The highest BCUT2D eigenvalue weighted by molar-refractivity contribution is 5.17. The molecule has 0 spiro atoms. The van der Waals surface area contributed by atoms with E-state index in [0.29, 0.717) is 5.92 Å². The zero-order valence-electron chi connectivity index (χ0n) is 7.54. The molecule has 0 radical (unpaired) electrons.